The van der Waals surface area contributed by atoms with Crippen LogP contribution in [0.2, 0.25) is 0 Å². The molecule has 0 aliphatic carbocycles. The molecule has 0 N–H and O–H groups in total. The monoisotopic (exact) mass is 246 g/mol. The molecule has 1 aromatic heterocycles. The van der Waals surface area contributed by atoms with Crippen molar-refractivity contribution < 1.29 is 0 Å². The molecule has 1 heterocycles. The van der Waals surface area contributed by atoms with E-state index in [1.54, 1.807) is 0 Å². The van der Waals surface area contributed by atoms with Gasteiger partial charge in [0.05, 0.1) is 0 Å². The smallest absolute Gasteiger partial charge is 0.0416 e. The van der Waals surface area contributed by atoms with Gasteiger partial charge >= 0.3 is 0 Å². The molecule has 0 spiro atoms. The van der Waals surface area contributed by atoms with Crippen molar-refractivity contribution in [3.63, 3.8) is 0 Å². The summed E-state index contributed by atoms with van der Waals surface area (Å²) in [6, 6.07) is 5.98. The number of pyridine rings is 1. The van der Waals surface area contributed by atoms with Gasteiger partial charge in [-0.1, -0.05) is 6.07 Å². The second kappa shape index (κ2) is 7.91. The summed E-state index contributed by atoms with van der Waals surface area (Å²) < 4.78 is 0. The topological polar surface area (TPSA) is 16.1 Å². The number of halogens is 2. The minimum atomic E-state index is 0.652. The van der Waals surface area contributed by atoms with Gasteiger partial charge in [-0.3, -0.25) is 4.98 Å². The van der Waals surface area contributed by atoms with Gasteiger partial charge in [0.2, 0.25) is 0 Å². The average molecular weight is 247 g/mol. The fourth-order valence-corrected chi connectivity index (χ4v) is 1.87. The molecule has 0 saturated heterocycles. The SMILES string of the molecule is ClCCN(CCCl)CCc1ccccn1. The Balaban J connectivity index is 2.33. The molecule has 2 nitrogen and oxygen atoms in total. The summed E-state index contributed by atoms with van der Waals surface area (Å²) in [6.07, 6.45) is 2.78. The second-order valence-corrected chi connectivity index (χ2v) is 4.05. The summed E-state index contributed by atoms with van der Waals surface area (Å²) in [7, 11) is 0. The third-order valence-corrected chi connectivity index (χ3v) is 2.55. The maximum Gasteiger partial charge on any atom is 0.0416 e. The standard InChI is InChI=1S/C11H16Cl2N2/c12-5-9-15(10-6-13)8-4-11-3-1-2-7-14-11/h1-3,7H,4-6,8-10H2. The van der Waals surface area contributed by atoms with Crippen LogP contribution in [0.25, 0.3) is 0 Å². The summed E-state index contributed by atoms with van der Waals surface area (Å²) in [6.45, 7) is 2.75. The second-order valence-electron chi connectivity index (χ2n) is 3.29. The van der Waals surface area contributed by atoms with Crippen LogP contribution in [0.5, 0.6) is 0 Å². The van der Waals surface area contributed by atoms with Gasteiger partial charge in [0.1, 0.15) is 0 Å². The molecule has 15 heavy (non-hydrogen) atoms. The highest BCUT2D eigenvalue weighted by Crippen LogP contribution is 1.99. The molecule has 0 bridgehead atoms. The minimum absolute atomic E-state index is 0.652. The van der Waals surface area contributed by atoms with Crippen molar-refractivity contribution >= 4 is 23.2 Å². The molecule has 0 atom stereocenters. The van der Waals surface area contributed by atoms with Gasteiger partial charge in [-0.2, -0.15) is 0 Å². The molecule has 1 rings (SSSR count). The van der Waals surface area contributed by atoms with Crippen LogP contribution in [-0.4, -0.2) is 41.3 Å². The van der Waals surface area contributed by atoms with Crippen molar-refractivity contribution in [3.8, 4) is 0 Å². The fourth-order valence-electron chi connectivity index (χ4n) is 1.39. The summed E-state index contributed by atoms with van der Waals surface area (Å²) in [4.78, 5) is 6.54. The Kier molecular flexibility index (Phi) is 6.73. The molecule has 0 aromatic carbocycles. The van der Waals surface area contributed by atoms with Gasteiger partial charge in [0.25, 0.3) is 0 Å². The van der Waals surface area contributed by atoms with Crippen LogP contribution < -0.4 is 0 Å². The molecule has 0 saturated carbocycles. The van der Waals surface area contributed by atoms with Crippen LogP contribution in [0, 0.1) is 0 Å². The van der Waals surface area contributed by atoms with Crippen LogP contribution in [0.4, 0.5) is 0 Å². The number of alkyl halides is 2. The maximum absolute atomic E-state index is 5.71. The molecule has 0 aliphatic rings. The van der Waals surface area contributed by atoms with Crippen molar-refractivity contribution in [3.05, 3.63) is 30.1 Å². The average Bonchev–Trinajstić information content (AvgIpc) is 2.28. The number of hydrogen-bond donors (Lipinski definition) is 0. The molecule has 1 aromatic rings. The Morgan fingerprint density at radius 1 is 1.07 bits per heavy atom. The van der Waals surface area contributed by atoms with Crippen LogP contribution in [-0.2, 0) is 6.42 Å². The van der Waals surface area contributed by atoms with Crippen molar-refractivity contribution in [1.29, 1.82) is 0 Å². The molecule has 0 unspecified atom stereocenters. The molecule has 0 aliphatic heterocycles. The van der Waals surface area contributed by atoms with Crippen molar-refractivity contribution in [2.24, 2.45) is 0 Å². The van der Waals surface area contributed by atoms with E-state index < -0.39 is 0 Å². The van der Waals surface area contributed by atoms with E-state index in [0.717, 1.165) is 31.7 Å². The molecule has 0 radical (unpaired) electrons. The molecular formula is C11H16Cl2N2. The van der Waals surface area contributed by atoms with E-state index in [2.05, 4.69) is 9.88 Å². The van der Waals surface area contributed by atoms with E-state index in [1.807, 2.05) is 24.4 Å². The Bertz CT molecular complexity index is 248. The molecule has 0 fully saturated rings. The van der Waals surface area contributed by atoms with Crippen molar-refractivity contribution in [1.82, 2.24) is 9.88 Å². The lowest BCUT2D eigenvalue weighted by Crippen LogP contribution is -2.30. The van der Waals surface area contributed by atoms with Crippen molar-refractivity contribution in [2.75, 3.05) is 31.4 Å². The molecular weight excluding hydrogens is 231 g/mol. The molecule has 0 amide bonds. The predicted octanol–water partition coefficient (Wildman–Crippen LogP) is 2.40. The number of aromatic nitrogens is 1. The first-order chi connectivity index (χ1) is 7.36. The van der Waals surface area contributed by atoms with Gasteiger partial charge in [0, 0.05) is 49.7 Å². The Morgan fingerprint density at radius 2 is 1.80 bits per heavy atom. The number of nitrogens with zero attached hydrogens (tertiary/aromatic N) is 2. The zero-order chi connectivity index (χ0) is 10.9. The van der Waals surface area contributed by atoms with Gasteiger partial charge in [-0.15, -0.1) is 23.2 Å². The van der Waals surface area contributed by atoms with E-state index in [4.69, 9.17) is 23.2 Å². The van der Waals surface area contributed by atoms with Crippen molar-refractivity contribution in [2.45, 2.75) is 6.42 Å². The zero-order valence-corrected chi connectivity index (χ0v) is 10.2. The van der Waals surface area contributed by atoms with Crippen LogP contribution >= 0.6 is 23.2 Å². The van der Waals surface area contributed by atoms with Crippen LogP contribution in [0.3, 0.4) is 0 Å². The lowest BCUT2D eigenvalue weighted by atomic mass is 10.2. The minimum Gasteiger partial charge on any atom is -0.301 e. The van der Waals surface area contributed by atoms with Gasteiger partial charge in [-0.25, -0.2) is 0 Å². The normalized spacial score (nSPS) is 10.9. The third kappa shape index (κ3) is 5.36. The van der Waals surface area contributed by atoms with Crippen LogP contribution in [0.15, 0.2) is 24.4 Å². The van der Waals surface area contributed by atoms with Crippen LogP contribution in [0.1, 0.15) is 5.69 Å². The van der Waals surface area contributed by atoms with E-state index in [9.17, 15) is 0 Å². The summed E-state index contributed by atoms with van der Waals surface area (Å²) in [5.74, 6) is 1.30. The highest BCUT2D eigenvalue weighted by molar-refractivity contribution is 6.18. The Morgan fingerprint density at radius 3 is 2.33 bits per heavy atom. The highest BCUT2D eigenvalue weighted by atomic mass is 35.5. The lowest BCUT2D eigenvalue weighted by Gasteiger charge is -2.19. The van der Waals surface area contributed by atoms with E-state index in [1.165, 1.54) is 0 Å². The zero-order valence-electron chi connectivity index (χ0n) is 8.70. The van der Waals surface area contributed by atoms with E-state index in [0.29, 0.717) is 11.8 Å². The first-order valence-corrected chi connectivity index (χ1v) is 6.18. The first kappa shape index (κ1) is 12.8. The molecule has 84 valence electrons. The summed E-state index contributed by atoms with van der Waals surface area (Å²) in [5.41, 5.74) is 1.12. The van der Waals surface area contributed by atoms with Gasteiger partial charge in [0.15, 0.2) is 0 Å². The Labute approximate surface area is 101 Å². The molecule has 4 heteroatoms. The predicted molar refractivity (Wildman–Crippen MR) is 65.8 cm³/mol. The first-order valence-electron chi connectivity index (χ1n) is 5.11. The highest BCUT2D eigenvalue weighted by Gasteiger charge is 2.03. The van der Waals surface area contributed by atoms with Gasteiger partial charge in [-0.05, 0) is 12.1 Å². The third-order valence-electron chi connectivity index (χ3n) is 2.21. The number of rotatable bonds is 7. The lowest BCUT2D eigenvalue weighted by molar-refractivity contribution is 0.310. The number of hydrogen-bond acceptors (Lipinski definition) is 2. The summed E-state index contributed by atoms with van der Waals surface area (Å²) in [5, 5.41) is 0. The Hall–Kier alpha value is -0.310. The fraction of sp³-hybridized carbons (Fsp3) is 0.545. The largest absolute Gasteiger partial charge is 0.301 e. The maximum atomic E-state index is 5.71. The van der Waals surface area contributed by atoms with E-state index >= 15 is 0 Å². The van der Waals surface area contributed by atoms with Gasteiger partial charge < -0.3 is 4.90 Å². The summed E-state index contributed by atoms with van der Waals surface area (Å²) >= 11 is 11.4. The quantitative estimate of drug-likeness (QED) is 0.688. The van der Waals surface area contributed by atoms with E-state index in [-0.39, 0.29) is 0 Å².